The summed E-state index contributed by atoms with van der Waals surface area (Å²) in [5.41, 5.74) is 1.79. The summed E-state index contributed by atoms with van der Waals surface area (Å²) in [7, 11) is 1.55. The fourth-order valence-electron chi connectivity index (χ4n) is 3.55. The maximum Gasteiger partial charge on any atom is 0.300 e. The third-order valence-electron chi connectivity index (χ3n) is 5.03. The first kappa shape index (κ1) is 19.9. The van der Waals surface area contributed by atoms with E-state index in [1.807, 2.05) is 30.3 Å². The number of anilines is 1. The molecule has 3 aromatic carbocycles. The molecule has 0 radical (unpaired) electrons. The molecule has 3 aromatic rings. The molecule has 1 heterocycles. The number of aliphatic hydroxyl groups excluding tert-OH is 1. The van der Waals surface area contributed by atoms with Crippen LogP contribution in [0.15, 0.2) is 88.9 Å². The van der Waals surface area contributed by atoms with Gasteiger partial charge >= 0.3 is 0 Å². The average molecular weight is 464 g/mol. The smallest absolute Gasteiger partial charge is 0.300 e. The Kier molecular flexibility index (Phi) is 5.42. The number of carbonyl (C=O) groups is 2. The Bertz CT molecular complexity index is 1120. The lowest BCUT2D eigenvalue weighted by molar-refractivity contribution is -0.132. The fourth-order valence-corrected chi connectivity index (χ4v) is 3.82. The van der Waals surface area contributed by atoms with Crippen molar-refractivity contribution in [1.29, 1.82) is 0 Å². The van der Waals surface area contributed by atoms with Crippen molar-refractivity contribution in [2.45, 2.75) is 6.04 Å². The highest BCUT2D eigenvalue weighted by atomic mass is 79.9. The summed E-state index contributed by atoms with van der Waals surface area (Å²) in [6.07, 6.45) is 0. The molecular weight excluding hydrogens is 446 g/mol. The Morgan fingerprint density at radius 2 is 1.57 bits per heavy atom. The van der Waals surface area contributed by atoms with E-state index in [-0.39, 0.29) is 11.3 Å². The molecule has 0 spiro atoms. The number of hydrogen-bond donors (Lipinski definition) is 1. The highest BCUT2D eigenvalue weighted by molar-refractivity contribution is 9.10. The Labute approximate surface area is 182 Å². The van der Waals surface area contributed by atoms with Crippen LogP contribution >= 0.6 is 15.9 Å². The summed E-state index contributed by atoms with van der Waals surface area (Å²) >= 11 is 3.41. The van der Waals surface area contributed by atoms with E-state index in [9.17, 15) is 14.7 Å². The molecule has 1 N–H and O–H groups in total. The van der Waals surface area contributed by atoms with Crippen molar-refractivity contribution >= 4 is 39.1 Å². The quantitative estimate of drug-likeness (QED) is 0.332. The first-order valence-electron chi connectivity index (χ1n) is 9.27. The van der Waals surface area contributed by atoms with Crippen molar-refractivity contribution in [3.63, 3.8) is 0 Å². The first-order chi connectivity index (χ1) is 14.5. The van der Waals surface area contributed by atoms with Crippen molar-refractivity contribution in [2.24, 2.45) is 0 Å². The number of ketones is 1. The Morgan fingerprint density at radius 1 is 0.933 bits per heavy atom. The van der Waals surface area contributed by atoms with Crippen LogP contribution in [0.4, 0.5) is 5.69 Å². The number of ether oxygens (including phenoxy) is 1. The molecule has 6 heteroatoms. The van der Waals surface area contributed by atoms with Crippen LogP contribution in [0.2, 0.25) is 0 Å². The van der Waals surface area contributed by atoms with Gasteiger partial charge in [0.15, 0.2) is 0 Å². The van der Waals surface area contributed by atoms with Crippen LogP contribution in [0.25, 0.3) is 5.76 Å². The van der Waals surface area contributed by atoms with Gasteiger partial charge in [0, 0.05) is 15.7 Å². The largest absolute Gasteiger partial charge is 0.507 e. The molecule has 0 bridgehead atoms. The lowest BCUT2D eigenvalue weighted by Crippen LogP contribution is -2.29. The zero-order valence-corrected chi connectivity index (χ0v) is 17.7. The SMILES string of the molecule is COc1ccc(/C(O)=C2/C(=O)C(=O)N(c3ccccc3)C2c2ccc(Br)cc2)cc1. The molecule has 1 aliphatic rings. The Balaban J connectivity index is 1.91. The van der Waals surface area contributed by atoms with Crippen molar-refractivity contribution in [3.05, 3.63) is 100 Å². The molecule has 1 saturated heterocycles. The highest BCUT2D eigenvalue weighted by Crippen LogP contribution is 2.42. The minimum Gasteiger partial charge on any atom is -0.507 e. The molecule has 4 rings (SSSR count). The molecule has 0 aromatic heterocycles. The van der Waals surface area contributed by atoms with E-state index in [1.165, 1.54) is 4.90 Å². The summed E-state index contributed by atoms with van der Waals surface area (Å²) in [6.45, 7) is 0. The van der Waals surface area contributed by atoms with Gasteiger partial charge in [0.25, 0.3) is 11.7 Å². The molecule has 1 unspecified atom stereocenters. The number of carbonyl (C=O) groups excluding carboxylic acids is 2. The monoisotopic (exact) mass is 463 g/mol. The normalized spacial score (nSPS) is 17.9. The van der Waals surface area contributed by atoms with Crippen molar-refractivity contribution in [1.82, 2.24) is 0 Å². The zero-order chi connectivity index (χ0) is 21.3. The van der Waals surface area contributed by atoms with Gasteiger partial charge in [-0.15, -0.1) is 0 Å². The van der Waals surface area contributed by atoms with Gasteiger partial charge in [-0.3, -0.25) is 14.5 Å². The second-order valence-electron chi connectivity index (χ2n) is 6.78. The minimum absolute atomic E-state index is 0.0522. The van der Waals surface area contributed by atoms with Gasteiger partial charge in [0.05, 0.1) is 18.7 Å². The fraction of sp³-hybridized carbons (Fsp3) is 0.0833. The van der Waals surface area contributed by atoms with Crippen LogP contribution in [-0.4, -0.2) is 23.9 Å². The van der Waals surface area contributed by atoms with E-state index >= 15 is 0 Å². The van der Waals surface area contributed by atoms with Crippen LogP contribution in [0.5, 0.6) is 5.75 Å². The zero-order valence-electron chi connectivity index (χ0n) is 16.1. The first-order valence-corrected chi connectivity index (χ1v) is 10.1. The molecule has 1 amide bonds. The molecule has 150 valence electrons. The molecule has 0 aliphatic carbocycles. The van der Waals surface area contributed by atoms with E-state index < -0.39 is 17.7 Å². The van der Waals surface area contributed by atoms with Crippen LogP contribution in [-0.2, 0) is 9.59 Å². The van der Waals surface area contributed by atoms with E-state index in [1.54, 1.807) is 55.6 Å². The Morgan fingerprint density at radius 3 is 2.17 bits per heavy atom. The van der Waals surface area contributed by atoms with Crippen LogP contribution in [0.1, 0.15) is 17.2 Å². The minimum atomic E-state index is -0.748. The number of amides is 1. The molecule has 0 saturated carbocycles. The second kappa shape index (κ2) is 8.16. The molecule has 30 heavy (non-hydrogen) atoms. The van der Waals surface area contributed by atoms with E-state index in [2.05, 4.69) is 15.9 Å². The summed E-state index contributed by atoms with van der Waals surface area (Å²) < 4.78 is 6.03. The van der Waals surface area contributed by atoms with Crippen molar-refractivity contribution in [3.8, 4) is 5.75 Å². The van der Waals surface area contributed by atoms with Gasteiger partial charge in [-0.2, -0.15) is 0 Å². The van der Waals surface area contributed by atoms with Crippen LogP contribution in [0.3, 0.4) is 0 Å². The second-order valence-corrected chi connectivity index (χ2v) is 7.70. The third-order valence-corrected chi connectivity index (χ3v) is 5.56. The number of halogens is 1. The van der Waals surface area contributed by atoms with E-state index in [0.717, 1.165) is 10.0 Å². The van der Waals surface area contributed by atoms with Crippen molar-refractivity contribution in [2.75, 3.05) is 12.0 Å². The standard InChI is InChI=1S/C24H18BrNO4/c1-30-19-13-9-16(10-14-19)22(27)20-21(15-7-11-17(25)12-8-15)26(24(29)23(20)28)18-5-3-2-4-6-18/h2-14,21,27H,1H3/b22-20-. The molecule has 1 aliphatic heterocycles. The predicted octanol–water partition coefficient (Wildman–Crippen LogP) is 5.08. The van der Waals surface area contributed by atoms with Gasteiger partial charge in [-0.05, 0) is 54.1 Å². The maximum absolute atomic E-state index is 13.0. The topological polar surface area (TPSA) is 66.8 Å². The average Bonchev–Trinajstić information content (AvgIpc) is 3.05. The number of Topliss-reactive ketones (excluding diaryl/α,β-unsaturated/α-hetero) is 1. The summed E-state index contributed by atoms with van der Waals surface area (Å²) in [4.78, 5) is 27.5. The number of benzene rings is 3. The lowest BCUT2D eigenvalue weighted by atomic mass is 9.95. The molecule has 1 atom stereocenters. The van der Waals surface area contributed by atoms with Crippen molar-refractivity contribution < 1.29 is 19.4 Å². The number of rotatable bonds is 4. The molecular formula is C24H18BrNO4. The van der Waals surface area contributed by atoms with Crippen LogP contribution < -0.4 is 9.64 Å². The third kappa shape index (κ3) is 3.50. The Hall–Kier alpha value is -3.38. The van der Waals surface area contributed by atoms with Gasteiger partial charge < -0.3 is 9.84 Å². The predicted molar refractivity (Wildman–Crippen MR) is 118 cm³/mol. The highest BCUT2D eigenvalue weighted by Gasteiger charge is 2.46. The maximum atomic E-state index is 13.0. The van der Waals surface area contributed by atoms with Gasteiger partial charge in [0.2, 0.25) is 0 Å². The molecule has 5 nitrogen and oxygen atoms in total. The van der Waals surface area contributed by atoms with E-state index in [4.69, 9.17) is 4.74 Å². The van der Waals surface area contributed by atoms with Gasteiger partial charge in [0.1, 0.15) is 11.5 Å². The van der Waals surface area contributed by atoms with Gasteiger partial charge in [-0.1, -0.05) is 46.3 Å². The number of para-hydroxylation sites is 1. The van der Waals surface area contributed by atoms with Crippen LogP contribution in [0, 0.1) is 0 Å². The summed E-state index contributed by atoms with van der Waals surface area (Å²) in [5, 5.41) is 11.1. The molecule has 1 fully saturated rings. The van der Waals surface area contributed by atoms with E-state index in [0.29, 0.717) is 17.0 Å². The number of aliphatic hydroxyl groups is 1. The number of hydrogen-bond acceptors (Lipinski definition) is 4. The number of methoxy groups -OCH3 is 1. The lowest BCUT2D eigenvalue weighted by Gasteiger charge is -2.25. The summed E-state index contributed by atoms with van der Waals surface area (Å²) in [6, 6.07) is 22.3. The van der Waals surface area contributed by atoms with Gasteiger partial charge in [-0.25, -0.2) is 0 Å². The number of nitrogens with zero attached hydrogens (tertiary/aromatic N) is 1. The summed E-state index contributed by atoms with van der Waals surface area (Å²) in [5.74, 6) is -0.993.